The third kappa shape index (κ3) is 5.61. The monoisotopic (exact) mass is 532 g/mol. The number of nitrogens with one attached hydrogen (secondary N) is 2. The quantitative estimate of drug-likeness (QED) is 0.280. The maximum atomic E-state index is 13.6. The largest absolute Gasteiger partial charge is 0.317 e. The number of fused-ring (bicyclic) bond motifs is 1. The lowest BCUT2D eigenvalue weighted by Crippen LogP contribution is -2.42. The van der Waals surface area contributed by atoms with Crippen LogP contribution in [0.5, 0.6) is 0 Å². The number of thioether (sulfide) groups is 1. The van der Waals surface area contributed by atoms with Crippen LogP contribution >= 0.6 is 23.4 Å². The van der Waals surface area contributed by atoms with Gasteiger partial charge in [0.2, 0.25) is 11.8 Å². The molecule has 4 aromatic rings. The van der Waals surface area contributed by atoms with E-state index in [0.29, 0.717) is 45.2 Å². The summed E-state index contributed by atoms with van der Waals surface area (Å²) in [6.07, 6.45) is 1.37. The van der Waals surface area contributed by atoms with Crippen LogP contribution in [0.2, 0.25) is 5.02 Å². The molecule has 1 atom stereocenters. The summed E-state index contributed by atoms with van der Waals surface area (Å²) in [6, 6.07) is 23.2. The molecule has 1 unspecified atom stereocenters. The van der Waals surface area contributed by atoms with E-state index in [4.69, 9.17) is 16.6 Å². The SMILES string of the molecule is O=C(NC(=O)C(Sc1nc2ccccc2c(=O)n1-c1cccc(Cl)c1)c1ccccc1)C1CCNCC1. The van der Waals surface area contributed by atoms with Gasteiger partial charge in [-0.15, -0.1) is 0 Å². The van der Waals surface area contributed by atoms with Crippen molar-refractivity contribution in [3.63, 3.8) is 0 Å². The summed E-state index contributed by atoms with van der Waals surface area (Å²) in [4.78, 5) is 44.9. The van der Waals surface area contributed by atoms with Gasteiger partial charge in [-0.25, -0.2) is 4.98 Å². The van der Waals surface area contributed by atoms with Crippen LogP contribution in [0.4, 0.5) is 0 Å². The van der Waals surface area contributed by atoms with Gasteiger partial charge in [-0.2, -0.15) is 0 Å². The number of imide groups is 1. The normalized spacial score (nSPS) is 14.8. The van der Waals surface area contributed by atoms with E-state index in [0.717, 1.165) is 24.9 Å². The van der Waals surface area contributed by atoms with Crippen molar-refractivity contribution < 1.29 is 9.59 Å². The molecule has 1 aliphatic heterocycles. The fourth-order valence-corrected chi connectivity index (χ4v) is 5.71. The zero-order valence-electron chi connectivity index (χ0n) is 19.9. The lowest BCUT2D eigenvalue weighted by Gasteiger charge is -2.23. The summed E-state index contributed by atoms with van der Waals surface area (Å²) in [6.45, 7) is 1.49. The van der Waals surface area contributed by atoms with Crippen molar-refractivity contribution in [3.05, 3.63) is 99.8 Å². The number of aromatic nitrogens is 2. The van der Waals surface area contributed by atoms with Crippen LogP contribution in [0, 0.1) is 5.92 Å². The maximum Gasteiger partial charge on any atom is 0.266 e. The molecular formula is C28H25ClN4O3S. The number of para-hydroxylation sites is 1. The molecule has 1 saturated heterocycles. The fraction of sp³-hybridized carbons (Fsp3) is 0.214. The Hall–Kier alpha value is -3.46. The fourth-order valence-electron chi connectivity index (χ4n) is 4.41. The number of benzene rings is 3. The van der Waals surface area contributed by atoms with E-state index in [1.165, 1.54) is 4.57 Å². The number of hydrogen-bond donors (Lipinski definition) is 2. The third-order valence-electron chi connectivity index (χ3n) is 6.33. The Kier molecular flexibility index (Phi) is 7.69. The standard InChI is InChI=1S/C28H25ClN4O3S/c29-20-9-6-10-21(17-20)33-27(36)22-11-4-5-12-23(22)31-28(33)37-24(18-7-2-1-3-8-18)26(35)32-25(34)19-13-15-30-16-14-19/h1-12,17,19,24,30H,13-16H2,(H,32,34,35). The molecule has 0 saturated carbocycles. The first kappa shape index (κ1) is 25.2. The smallest absolute Gasteiger partial charge is 0.266 e. The molecule has 1 aliphatic rings. The van der Waals surface area contributed by atoms with Gasteiger partial charge < -0.3 is 5.32 Å². The van der Waals surface area contributed by atoms with Crippen molar-refractivity contribution in [3.8, 4) is 5.69 Å². The van der Waals surface area contributed by atoms with Crippen molar-refractivity contribution in [2.45, 2.75) is 23.2 Å². The van der Waals surface area contributed by atoms with Crippen LogP contribution in [-0.2, 0) is 9.59 Å². The highest BCUT2D eigenvalue weighted by Crippen LogP contribution is 2.36. The minimum Gasteiger partial charge on any atom is -0.317 e. The van der Waals surface area contributed by atoms with E-state index in [1.807, 2.05) is 36.4 Å². The van der Waals surface area contributed by atoms with E-state index in [9.17, 15) is 14.4 Å². The van der Waals surface area contributed by atoms with Gasteiger partial charge in [0.1, 0.15) is 5.25 Å². The Morgan fingerprint density at radius 1 is 1.00 bits per heavy atom. The Morgan fingerprint density at radius 3 is 2.49 bits per heavy atom. The summed E-state index contributed by atoms with van der Waals surface area (Å²) in [5.74, 6) is -0.929. The van der Waals surface area contributed by atoms with Crippen molar-refractivity contribution in [2.24, 2.45) is 5.92 Å². The first-order valence-electron chi connectivity index (χ1n) is 12.1. The van der Waals surface area contributed by atoms with Gasteiger partial charge in [0.15, 0.2) is 5.16 Å². The Labute approximate surface area is 223 Å². The molecule has 188 valence electrons. The minimum atomic E-state index is -0.814. The second-order valence-electron chi connectivity index (χ2n) is 8.82. The first-order valence-corrected chi connectivity index (χ1v) is 13.3. The number of rotatable bonds is 6. The van der Waals surface area contributed by atoms with Gasteiger partial charge in [-0.3, -0.25) is 24.3 Å². The molecule has 3 aromatic carbocycles. The lowest BCUT2D eigenvalue weighted by molar-refractivity contribution is -0.133. The van der Waals surface area contributed by atoms with E-state index >= 15 is 0 Å². The zero-order chi connectivity index (χ0) is 25.8. The molecule has 37 heavy (non-hydrogen) atoms. The predicted molar refractivity (Wildman–Crippen MR) is 146 cm³/mol. The van der Waals surface area contributed by atoms with Gasteiger partial charge in [-0.05, 0) is 61.8 Å². The van der Waals surface area contributed by atoms with Crippen LogP contribution in [0.15, 0.2) is 88.8 Å². The number of piperidine rings is 1. The van der Waals surface area contributed by atoms with Gasteiger partial charge in [0, 0.05) is 10.9 Å². The number of halogens is 1. The number of carbonyl (C=O) groups is 2. The van der Waals surface area contributed by atoms with Crippen molar-refractivity contribution >= 4 is 46.1 Å². The molecule has 2 N–H and O–H groups in total. The highest BCUT2D eigenvalue weighted by atomic mass is 35.5. The number of hydrogen-bond acceptors (Lipinski definition) is 6. The Balaban J connectivity index is 1.57. The highest BCUT2D eigenvalue weighted by molar-refractivity contribution is 8.00. The number of carbonyl (C=O) groups excluding carboxylic acids is 2. The molecule has 7 nitrogen and oxygen atoms in total. The lowest BCUT2D eigenvalue weighted by atomic mass is 9.97. The summed E-state index contributed by atoms with van der Waals surface area (Å²) in [7, 11) is 0. The molecule has 1 aromatic heterocycles. The van der Waals surface area contributed by atoms with Gasteiger partial charge in [-0.1, -0.05) is 71.9 Å². The van der Waals surface area contributed by atoms with E-state index in [1.54, 1.807) is 42.5 Å². The predicted octanol–water partition coefficient (Wildman–Crippen LogP) is 4.51. The second kappa shape index (κ2) is 11.3. The van der Waals surface area contributed by atoms with E-state index in [-0.39, 0.29) is 17.4 Å². The first-order chi connectivity index (χ1) is 18.0. The van der Waals surface area contributed by atoms with Crippen molar-refractivity contribution in [1.82, 2.24) is 20.2 Å². The van der Waals surface area contributed by atoms with Gasteiger partial charge in [0.25, 0.3) is 5.56 Å². The summed E-state index contributed by atoms with van der Waals surface area (Å²) in [5, 5.41) is 6.29. The van der Waals surface area contributed by atoms with Gasteiger partial charge in [0.05, 0.1) is 16.6 Å². The summed E-state index contributed by atoms with van der Waals surface area (Å²) in [5.41, 5.74) is 1.49. The molecular weight excluding hydrogens is 508 g/mol. The van der Waals surface area contributed by atoms with Crippen molar-refractivity contribution in [2.75, 3.05) is 13.1 Å². The molecule has 2 amide bonds. The minimum absolute atomic E-state index is 0.213. The summed E-state index contributed by atoms with van der Waals surface area (Å²) < 4.78 is 1.47. The van der Waals surface area contributed by atoms with Crippen LogP contribution in [0.3, 0.4) is 0 Å². The van der Waals surface area contributed by atoms with Crippen LogP contribution in [0.1, 0.15) is 23.7 Å². The maximum absolute atomic E-state index is 13.6. The molecule has 0 radical (unpaired) electrons. The summed E-state index contributed by atoms with van der Waals surface area (Å²) >= 11 is 7.38. The van der Waals surface area contributed by atoms with Crippen LogP contribution in [0.25, 0.3) is 16.6 Å². The van der Waals surface area contributed by atoms with Crippen molar-refractivity contribution in [1.29, 1.82) is 0 Å². The average Bonchev–Trinajstić information content (AvgIpc) is 2.92. The van der Waals surface area contributed by atoms with E-state index < -0.39 is 11.2 Å². The zero-order valence-corrected chi connectivity index (χ0v) is 21.5. The highest BCUT2D eigenvalue weighted by Gasteiger charge is 2.29. The molecule has 9 heteroatoms. The molecule has 0 aliphatic carbocycles. The van der Waals surface area contributed by atoms with E-state index in [2.05, 4.69) is 10.6 Å². The number of nitrogens with zero attached hydrogens (tertiary/aromatic N) is 2. The Bertz CT molecular complexity index is 1500. The molecule has 1 fully saturated rings. The number of amides is 2. The molecule has 0 bridgehead atoms. The van der Waals surface area contributed by atoms with Crippen LogP contribution in [-0.4, -0.2) is 34.5 Å². The molecule has 2 heterocycles. The third-order valence-corrected chi connectivity index (χ3v) is 7.77. The van der Waals surface area contributed by atoms with Gasteiger partial charge >= 0.3 is 0 Å². The average molecular weight is 533 g/mol. The van der Waals surface area contributed by atoms with Crippen LogP contribution < -0.4 is 16.2 Å². The second-order valence-corrected chi connectivity index (χ2v) is 10.3. The topological polar surface area (TPSA) is 93.1 Å². The Morgan fingerprint density at radius 2 is 1.73 bits per heavy atom. The molecule has 5 rings (SSSR count). The molecule has 0 spiro atoms.